The maximum absolute atomic E-state index is 5.99. The Kier molecular flexibility index (Phi) is 2.70. The topological polar surface area (TPSA) is 35.2 Å². The third-order valence-electron chi connectivity index (χ3n) is 3.98. The van der Waals surface area contributed by atoms with Gasteiger partial charge in [0.25, 0.3) is 0 Å². The van der Waals surface area contributed by atoms with Crippen molar-refractivity contribution >= 4 is 0 Å². The van der Waals surface area contributed by atoms with Crippen molar-refractivity contribution in [2.45, 2.75) is 43.7 Å². The Bertz CT molecular complexity index is 377. The second kappa shape index (κ2) is 4.19. The first kappa shape index (κ1) is 10.3. The van der Waals surface area contributed by atoms with E-state index >= 15 is 0 Å². The summed E-state index contributed by atoms with van der Waals surface area (Å²) in [6.45, 7) is 0.857. The van der Waals surface area contributed by atoms with Crippen LogP contribution in [-0.4, -0.2) is 18.8 Å². The lowest BCUT2D eigenvalue weighted by atomic mass is 9.78. The summed E-state index contributed by atoms with van der Waals surface area (Å²) in [6.07, 6.45) is 5.00. The van der Waals surface area contributed by atoms with Gasteiger partial charge in [0.1, 0.15) is 0 Å². The molecule has 3 rings (SSSR count). The molecule has 16 heavy (non-hydrogen) atoms. The lowest BCUT2D eigenvalue weighted by Gasteiger charge is -2.31. The number of nitrogens with two attached hydrogens (primary N) is 1. The maximum Gasteiger partial charge on any atom is 0.0726 e. The molecular weight excluding hydrogens is 198 g/mol. The van der Waals surface area contributed by atoms with Crippen molar-refractivity contribution in [3.8, 4) is 0 Å². The van der Waals surface area contributed by atoms with E-state index in [0.717, 1.165) is 19.4 Å². The maximum atomic E-state index is 5.99. The van der Waals surface area contributed by atoms with Crippen molar-refractivity contribution in [1.29, 1.82) is 0 Å². The molecule has 0 radical (unpaired) electrons. The fraction of sp³-hybridized carbons (Fsp3) is 0.571. The first-order chi connectivity index (χ1) is 7.84. The Balaban J connectivity index is 1.55. The summed E-state index contributed by atoms with van der Waals surface area (Å²) in [6, 6.07) is 8.94. The highest BCUT2D eigenvalue weighted by Crippen LogP contribution is 2.35. The fourth-order valence-electron chi connectivity index (χ4n) is 2.91. The molecule has 0 saturated heterocycles. The monoisotopic (exact) mass is 217 g/mol. The molecule has 0 heterocycles. The Morgan fingerprint density at radius 2 is 2.12 bits per heavy atom. The average Bonchev–Trinajstić information content (AvgIpc) is 2.66. The van der Waals surface area contributed by atoms with Crippen molar-refractivity contribution in [3.05, 3.63) is 35.4 Å². The smallest absolute Gasteiger partial charge is 0.0726 e. The van der Waals surface area contributed by atoms with Crippen LogP contribution >= 0.6 is 0 Å². The van der Waals surface area contributed by atoms with Crippen LogP contribution in [0.1, 0.15) is 36.3 Å². The first-order valence-corrected chi connectivity index (χ1v) is 6.29. The molecule has 2 aliphatic carbocycles. The van der Waals surface area contributed by atoms with Gasteiger partial charge in [0.2, 0.25) is 0 Å². The molecule has 0 aromatic heterocycles. The fourth-order valence-corrected chi connectivity index (χ4v) is 2.91. The molecule has 2 heteroatoms. The minimum absolute atomic E-state index is 0.273. The van der Waals surface area contributed by atoms with Crippen LogP contribution in [0.2, 0.25) is 0 Å². The molecule has 1 aromatic rings. The van der Waals surface area contributed by atoms with E-state index in [0.29, 0.717) is 12.0 Å². The van der Waals surface area contributed by atoms with Crippen LogP contribution in [0.3, 0.4) is 0 Å². The SMILES string of the molecule is NC1CCCC1OCC1Cc2ccccc21. The first-order valence-electron chi connectivity index (χ1n) is 6.29. The molecule has 2 nitrogen and oxygen atoms in total. The van der Waals surface area contributed by atoms with Crippen LogP contribution < -0.4 is 5.73 Å². The number of hydrogen-bond acceptors (Lipinski definition) is 2. The predicted molar refractivity (Wildman–Crippen MR) is 64.5 cm³/mol. The summed E-state index contributed by atoms with van der Waals surface area (Å²) < 4.78 is 5.95. The van der Waals surface area contributed by atoms with Crippen LogP contribution in [0.4, 0.5) is 0 Å². The molecular formula is C14H19NO. The molecule has 2 aliphatic rings. The molecule has 0 amide bonds. The third kappa shape index (κ3) is 1.76. The van der Waals surface area contributed by atoms with Crippen LogP contribution in [0.5, 0.6) is 0 Å². The van der Waals surface area contributed by atoms with Gasteiger partial charge in [-0.3, -0.25) is 0 Å². The van der Waals surface area contributed by atoms with Gasteiger partial charge in [-0.25, -0.2) is 0 Å². The van der Waals surface area contributed by atoms with Crippen LogP contribution in [0, 0.1) is 0 Å². The van der Waals surface area contributed by atoms with Crippen molar-refractivity contribution in [2.75, 3.05) is 6.61 Å². The Morgan fingerprint density at radius 3 is 2.88 bits per heavy atom. The zero-order valence-electron chi connectivity index (χ0n) is 9.56. The standard InChI is InChI=1S/C14H19NO/c15-13-6-3-7-14(13)16-9-11-8-10-4-1-2-5-12(10)11/h1-2,4-5,11,13-14H,3,6-9,15H2. The Hall–Kier alpha value is -0.860. The largest absolute Gasteiger partial charge is 0.376 e. The second-order valence-electron chi connectivity index (χ2n) is 5.07. The summed E-state index contributed by atoms with van der Waals surface area (Å²) in [7, 11) is 0. The van der Waals surface area contributed by atoms with E-state index < -0.39 is 0 Å². The van der Waals surface area contributed by atoms with Crippen molar-refractivity contribution in [2.24, 2.45) is 5.73 Å². The molecule has 0 bridgehead atoms. The molecule has 1 aromatic carbocycles. The molecule has 0 spiro atoms. The lowest BCUT2D eigenvalue weighted by molar-refractivity contribution is 0.0351. The zero-order valence-corrected chi connectivity index (χ0v) is 9.56. The second-order valence-corrected chi connectivity index (χ2v) is 5.07. The minimum Gasteiger partial charge on any atom is -0.376 e. The lowest BCUT2D eigenvalue weighted by Crippen LogP contribution is -2.33. The van der Waals surface area contributed by atoms with Gasteiger partial charge < -0.3 is 10.5 Å². The molecule has 86 valence electrons. The van der Waals surface area contributed by atoms with E-state index in [4.69, 9.17) is 10.5 Å². The van der Waals surface area contributed by atoms with Crippen molar-refractivity contribution < 1.29 is 4.74 Å². The molecule has 0 aliphatic heterocycles. The summed E-state index contributed by atoms with van der Waals surface area (Å²) in [4.78, 5) is 0. The third-order valence-corrected chi connectivity index (χ3v) is 3.98. The van der Waals surface area contributed by atoms with E-state index in [1.165, 1.54) is 24.0 Å². The molecule has 2 N–H and O–H groups in total. The van der Waals surface area contributed by atoms with Gasteiger partial charge in [-0.05, 0) is 36.8 Å². The highest BCUT2D eigenvalue weighted by atomic mass is 16.5. The van der Waals surface area contributed by atoms with Crippen molar-refractivity contribution in [1.82, 2.24) is 0 Å². The van der Waals surface area contributed by atoms with E-state index in [2.05, 4.69) is 24.3 Å². The summed E-state index contributed by atoms with van der Waals surface area (Å²) >= 11 is 0. The van der Waals surface area contributed by atoms with E-state index in [1.54, 1.807) is 0 Å². The molecule has 1 fully saturated rings. The number of ether oxygens (including phenoxy) is 1. The quantitative estimate of drug-likeness (QED) is 0.842. The summed E-state index contributed by atoms with van der Waals surface area (Å²) in [5.41, 5.74) is 8.97. The summed E-state index contributed by atoms with van der Waals surface area (Å²) in [5.74, 6) is 0.615. The number of fused-ring (bicyclic) bond motifs is 1. The zero-order chi connectivity index (χ0) is 11.0. The number of benzene rings is 1. The van der Waals surface area contributed by atoms with E-state index in [-0.39, 0.29) is 6.04 Å². The Labute approximate surface area is 96.8 Å². The van der Waals surface area contributed by atoms with Crippen LogP contribution in [0.25, 0.3) is 0 Å². The van der Waals surface area contributed by atoms with Gasteiger partial charge in [0.15, 0.2) is 0 Å². The van der Waals surface area contributed by atoms with Crippen LogP contribution in [0.15, 0.2) is 24.3 Å². The van der Waals surface area contributed by atoms with E-state index in [1.807, 2.05) is 0 Å². The van der Waals surface area contributed by atoms with Gasteiger partial charge in [-0.1, -0.05) is 24.3 Å². The summed E-state index contributed by atoms with van der Waals surface area (Å²) in [5, 5.41) is 0. The van der Waals surface area contributed by atoms with Crippen LogP contribution in [-0.2, 0) is 11.2 Å². The normalized spacial score (nSPS) is 32.2. The predicted octanol–water partition coefficient (Wildman–Crippen LogP) is 2.22. The molecule has 3 unspecified atom stereocenters. The molecule has 3 atom stereocenters. The van der Waals surface area contributed by atoms with Gasteiger partial charge in [0, 0.05) is 12.0 Å². The van der Waals surface area contributed by atoms with Gasteiger partial charge in [-0.15, -0.1) is 0 Å². The van der Waals surface area contributed by atoms with Gasteiger partial charge in [-0.2, -0.15) is 0 Å². The van der Waals surface area contributed by atoms with Gasteiger partial charge >= 0.3 is 0 Å². The average molecular weight is 217 g/mol. The number of rotatable bonds is 3. The minimum atomic E-state index is 0.273. The highest BCUT2D eigenvalue weighted by Gasteiger charge is 2.29. The van der Waals surface area contributed by atoms with E-state index in [9.17, 15) is 0 Å². The Morgan fingerprint density at radius 1 is 1.25 bits per heavy atom. The number of hydrogen-bond donors (Lipinski definition) is 1. The van der Waals surface area contributed by atoms with Gasteiger partial charge in [0.05, 0.1) is 12.7 Å². The van der Waals surface area contributed by atoms with Crippen molar-refractivity contribution in [3.63, 3.8) is 0 Å². The highest BCUT2D eigenvalue weighted by molar-refractivity contribution is 5.39. The molecule has 1 saturated carbocycles.